The summed E-state index contributed by atoms with van der Waals surface area (Å²) in [6.45, 7) is 0. The molecule has 134 valence electrons. The Hall–Kier alpha value is -3.06. The lowest BCUT2D eigenvalue weighted by Gasteiger charge is -2.14. The molecule has 3 aromatic rings. The number of carboxylic acids is 1. The number of fused-ring (bicyclic) bond motifs is 1. The number of carbonyl (C=O) groups excluding carboxylic acids is 1. The van der Waals surface area contributed by atoms with Crippen molar-refractivity contribution in [1.29, 1.82) is 0 Å². The molecule has 0 radical (unpaired) electrons. The Kier molecular flexibility index (Phi) is 4.81. The van der Waals surface area contributed by atoms with E-state index in [0.29, 0.717) is 11.1 Å². The third kappa shape index (κ3) is 3.62. The van der Waals surface area contributed by atoms with Gasteiger partial charge < -0.3 is 20.5 Å². The second-order valence-corrected chi connectivity index (χ2v) is 6.15. The highest BCUT2D eigenvalue weighted by Gasteiger charge is 2.22. The van der Waals surface area contributed by atoms with Crippen LogP contribution in [0, 0.1) is 5.82 Å². The number of hydrogen-bond acceptors (Lipinski definition) is 3. The summed E-state index contributed by atoms with van der Waals surface area (Å²) in [6.07, 6.45) is -0.0321. The standard InChI is InChI=1S/C18H14ClFN2O4/c19-11-6-9(4-5-16(11)23)7-15(18(25)26)22-17(24)14-8-10-12(20)2-1-3-13(10)21-14/h1-6,8,15,21,23H,7H2,(H,22,24)(H,25,26)/t15-/m0/s1. The number of aromatic nitrogens is 1. The van der Waals surface area contributed by atoms with Gasteiger partial charge in [0.15, 0.2) is 0 Å². The highest BCUT2D eigenvalue weighted by molar-refractivity contribution is 6.32. The average Bonchev–Trinajstić information content (AvgIpc) is 3.03. The number of carbonyl (C=O) groups is 2. The van der Waals surface area contributed by atoms with Crippen molar-refractivity contribution in [2.45, 2.75) is 12.5 Å². The third-order valence-corrected chi connectivity index (χ3v) is 4.21. The van der Waals surface area contributed by atoms with Gasteiger partial charge in [0.25, 0.3) is 5.91 Å². The third-order valence-electron chi connectivity index (χ3n) is 3.91. The van der Waals surface area contributed by atoms with Crippen LogP contribution in [0.4, 0.5) is 4.39 Å². The van der Waals surface area contributed by atoms with Crippen molar-refractivity contribution in [1.82, 2.24) is 10.3 Å². The molecule has 0 unspecified atom stereocenters. The second kappa shape index (κ2) is 7.05. The van der Waals surface area contributed by atoms with Gasteiger partial charge >= 0.3 is 5.97 Å². The van der Waals surface area contributed by atoms with Crippen LogP contribution >= 0.6 is 11.6 Å². The zero-order valence-corrected chi connectivity index (χ0v) is 14.0. The number of benzene rings is 2. The van der Waals surface area contributed by atoms with Crippen molar-refractivity contribution in [3.8, 4) is 5.75 Å². The van der Waals surface area contributed by atoms with E-state index >= 15 is 0 Å². The van der Waals surface area contributed by atoms with Crippen LogP contribution in [0.15, 0.2) is 42.5 Å². The minimum Gasteiger partial charge on any atom is -0.506 e. The van der Waals surface area contributed by atoms with E-state index in [1.807, 2.05) is 0 Å². The summed E-state index contributed by atoms with van der Waals surface area (Å²) < 4.78 is 13.7. The van der Waals surface area contributed by atoms with Crippen molar-refractivity contribution >= 4 is 34.4 Å². The maximum Gasteiger partial charge on any atom is 0.326 e. The SMILES string of the molecule is O=C(N[C@@H](Cc1ccc(O)c(Cl)c1)C(=O)O)c1cc2c(F)cccc2[nH]1. The summed E-state index contributed by atoms with van der Waals surface area (Å²) in [5.74, 6) is -2.50. The average molecular weight is 377 g/mol. The zero-order valence-electron chi connectivity index (χ0n) is 13.3. The number of halogens is 2. The number of amides is 1. The van der Waals surface area contributed by atoms with E-state index in [2.05, 4.69) is 10.3 Å². The fourth-order valence-corrected chi connectivity index (χ4v) is 2.79. The molecule has 1 atom stereocenters. The normalized spacial score (nSPS) is 12.1. The number of aromatic amines is 1. The molecule has 1 aromatic heterocycles. The molecule has 1 heterocycles. The van der Waals surface area contributed by atoms with Crippen LogP contribution in [0.1, 0.15) is 16.1 Å². The van der Waals surface area contributed by atoms with E-state index in [9.17, 15) is 24.2 Å². The first-order valence-electron chi connectivity index (χ1n) is 7.63. The Balaban J connectivity index is 1.80. The lowest BCUT2D eigenvalue weighted by Crippen LogP contribution is -2.42. The maximum atomic E-state index is 13.7. The number of phenols is 1. The molecule has 0 fully saturated rings. The molecule has 1 amide bonds. The molecule has 2 aromatic carbocycles. The van der Waals surface area contributed by atoms with Gasteiger partial charge in [0.05, 0.1) is 5.02 Å². The molecule has 8 heteroatoms. The number of hydrogen-bond donors (Lipinski definition) is 4. The molecule has 6 nitrogen and oxygen atoms in total. The summed E-state index contributed by atoms with van der Waals surface area (Å²) in [4.78, 5) is 26.6. The van der Waals surface area contributed by atoms with E-state index in [1.54, 1.807) is 6.07 Å². The molecule has 26 heavy (non-hydrogen) atoms. The van der Waals surface area contributed by atoms with Crippen LogP contribution in [0.5, 0.6) is 5.75 Å². The van der Waals surface area contributed by atoms with E-state index in [0.717, 1.165) is 0 Å². The van der Waals surface area contributed by atoms with Gasteiger partial charge in [-0.25, -0.2) is 9.18 Å². The van der Waals surface area contributed by atoms with Gasteiger partial charge in [0.2, 0.25) is 0 Å². The molecule has 0 bridgehead atoms. The van der Waals surface area contributed by atoms with Crippen molar-refractivity contribution in [2.24, 2.45) is 0 Å². The summed E-state index contributed by atoms with van der Waals surface area (Å²) in [7, 11) is 0. The quantitative estimate of drug-likeness (QED) is 0.549. The topological polar surface area (TPSA) is 102 Å². The van der Waals surface area contributed by atoms with Gasteiger partial charge in [-0.2, -0.15) is 0 Å². The Bertz CT molecular complexity index is 1000. The molecule has 4 N–H and O–H groups in total. The summed E-state index contributed by atoms with van der Waals surface area (Å²) >= 11 is 5.81. The smallest absolute Gasteiger partial charge is 0.326 e. The van der Waals surface area contributed by atoms with Crippen molar-refractivity contribution in [2.75, 3.05) is 0 Å². The molecule has 0 aliphatic rings. The predicted octanol–water partition coefficient (Wildman–Crippen LogP) is 3.09. The first-order valence-corrected chi connectivity index (χ1v) is 8.01. The van der Waals surface area contributed by atoms with E-state index in [4.69, 9.17) is 11.6 Å². The highest BCUT2D eigenvalue weighted by Crippen LogP contribution is 2.24. The summed E-state index contributed by atoms with van der Waals surface area (Å²) in [6, 6.07) is 8.78. The Labute approximate surface area is 152 Å². The van der Waals surface area contributed by atoms with Gasteiger partial charge in [-0.05, 0) is 35.9 Å². The van der Waals surface area contributed by atoms with E-state index in [-0.39, 0.29) is 28.3 Å². The largest absolute Gasteiger partial charge is 0.506 e. The van der Waals surface area contributed by atoms with Crippen molar-refractivity contribution in [3.63, 3.8) is 0 Å². The van der Waals surface area contributed by atoms with Crippen LogP contribution in [0.2, 0.25) is 5.02 Å². The van der Waals surface area contributed by atoms with Crippen LogP contribution in [-0.4, -0.2) is 33.1 Å². The number of nitrogens with one attached hydrogen (secondary N) is 2. The number of phenolic OH excluding ortho intramolecular Hbond substituents is 1. The minimum atomic E-state index is -1.23. The van der Waals surface area contributed by atoms with Crippen LogP contribution in [0.3, 0.4) is 0 Å². The van der Waals surface area contributed by atoms with Gasteiger partial charge in [-0.15, -0.1) is 0 Å². The number of carboxylic acid groups (broad SMARTS) is 1. The zero-order chi connectivity index (χ0) is 18.8. The van der Waals surface area contributed by atoms with Crippen LogP contribution < -0.4 is 5.32 Å². The van der Waals surface area contributed by atoms with Gasteiger partial charge in [-0.1, -0.05) is 23.7 Å². The molecular weight excluding hydrogens is 363 g/mol. The Morgan fingerprint density at radius 3 is 2.65 bits per heavy atom. The lowest BCUT2D eigenvalue weighted by atomic mass is 10.1. The van der Waals surface area contributed by atoms with Gasteiger partial charge in [0.1, 0.15) is 23.3 Å². The minimum absolute atomic E-state index is 0.0321. The summed E-state index contributed by atoms with van der Waals surface area (Å²) in [5, 5.41) is 21.5. The number of H-pyrrole nitrogens is 1. The molecule has 0 spiro atoms. The van der Waals surface area contributed by atoms with Gasteiger partial charge in [0, 0.05) is 17.3 Å². The van der Waals surface area contributed by atoms with Crippen molar-refractivity contribution < 1.29 is 24.2 Å². The molecule has 0 aliphatic carbocycles. The second-order valence-electron chi connectivity index (χ2n) is 5.74. The Morgan fingerprint density at radius 2 is 2.00 bits per heavy atom. The molecule has 0 saturated heterocycles. The number of aliphatic carboxylic acids is 1. The fourth-order valence-electron chi connectivity index (χ4n) is 2.59. The highest BCUT2D eigenvalue weighted by atomic mass is 35.5. The molecule has 0 aliphatic heterocycles. The van der Waals surface area contributed by atoms with Crippen LogP contribution in [-0.2, 0) is 11.2 Å². The molecule has 3 rings (SSSR count). The first-order chi connectivity index (χ1) is 12.3. The predicted molar refractivity (Wildman–Crippen MR) is 94.0 cm³/mol. The number of aromatic hydroxyl groups is 1. The first kappa shape index (κ1) is 17.8. The summed E-state index contributed by atoms with van der Waals surface area (Å²) in [5.41, 5.74) is 1.02. The lowest BCUT2D eigenvalue weighted by molar-refractivity contribution is -0.139. The fraction of sp³-hybridized carbons (Fsp3) is 0.111. The molecular formula is C18H14ClFN2O4. The number of rotatable bonds is 5. The Morgan fingerprint density at radius 1 is 1.23 bits per heavy atom. The van der Waals surface area contributed by atoms with Crippen molar-refractivity contribution in [3.05, 3.63) is 64.6 Å². The maximum absolute atomic E-state index is 13.7. The van der Waals surface area contributed by atoms with Gasteiger partial charge in [-0.3, -0.25) is 4.79 Å². The van der Waals surface area contributed by atoms with Crippen LogP contribution in [0.25, 0.3) is 10.9 Å². The van der Waals surface area contributed by atoms with E-state index < -0.39 is 23.7 Å². The molecule has 0 saturated carbocycles. The van der Waals surface area contributed by atoms with E-state index in [1.165, 1.54) is 36.4 Å². The monoisotopic (exact) mass is 376 g/mol.